The molecule has 1 aromatic carbocycles. The van der Waals surface area contributed by atoms with Crippen LogP contribution in [-0.4, -0.2) is 9.36 Å². The van der Waals surface area contributed by atoms with Crippen molar-refractivity contribution in [3.8, 4) is 0 Å². The number of nitrogens with zero attached hydrogens (tertiary/aromatic N) is 2. The smallest absolute Gasteiger partial charge is 0.174 e. The number of anilines is 1. The third kappa shape index (κ3) is 2.49. The summed E-state index contributed by atoms with van der Waals surface area (Å²) in [6.45, 7) is 3.94. The number of rotatable bonds is 2. The Hall–Kier alpha value is -1.07. The molecule has 0 spiro atoms. The molecule has 1 aromatic heterocycles. The van der Waals surface area contributed by atoms with Gasteiger partial charge in [-0.1, -0.05) is 17.8 Å². The number of aromatic nitrogens is 2. The molecule has 0 radical (unpaired) electrons. The van der Waals surface area contributed by atoms with Gasteiger partial charge in [0.15, 0.2) is 4.34 Å². The number of nitrogen functional groups attached to an aromatic ring is 1. The summed E-state index contributed by atoms with van der Waals surface area (Å²) in [6.07, 6.45) is 0. The second-order valence-corrected chi connectivity index (χ2v) is 5.29. The molecule has 1 heterocycles. The number of hydrogen-bond donors (Lipinski definition) is 1. The first-order valence-electron chi connectivity index (χ1n) is 4.49. The third-order valence-electron chi connectivity index (χ3n) is 1.88. The Kier molecular flexibility index (Phi) is 2.93. The van der Waals surface area contributed by atoms with Crippen LogP contribution >= 0.6 is 23.3 Å². The van der Waals surface area contributed by atoms with E-state index in [0.29, 0.717) is 0 Å². The summed E-state index contributed by atoms with van der Waals surface area (Å²) in [5.41, 5.74) is 7.87. The molecule has 0 unspecified atom stereocenters. The summed E-state index contributed by atoms with van der Waals surface area (Å²) in [5, 5.41) is 0. The van der Waals surface area contributed by atoms with Crippen molar-refractivity contribution in [2.75, 3.05) is 5.73 Å². The van der Waals surface area contributed by atoms with E-state index in [9.17, 15) is 0 Å². The summed E-state index contributed by atoms with van der Waals surface area (Å²) >= 11 is 2.97. The maximum Gasteiger partial charge on any atom is 0.174 e. The van der Waals surface area contributed by atoms with Gasteiger partial charge in [-0.05, 0) is 43.1 Å². The van der Waals surface area contributed by atoms with Crippen molar-refractivity contribution in [3.05, 3.63) is 29.6 Å². The van der Waals surface area contributed by atoms with Crippen molar-refractivity contribution < 1.29 is 0 Å². The lowest BCUT2D eigenvalue weighted by Gasteiger charge is -2.03. The molecule has 5 heteroatoms. The second kappa shape index (κ2) is 4.20. The highest BCUT2D eigenvalue weighted by Crippen LogP contribution is 2.33. The lowest BCUT2D eigenvalue weighted by Crippen LogP contribution is -1.88. The van der Waals surface area contributed by atoms with E-state index in [1.165, 1.54) is 17.1 Å². The predicted molar refractivity (Wildman–Crippen MR) is 64.4 cm³/mol. The van der Waals surface area contributed by atoms with Crippen molar-refractivity contribution >= 4 is 29.0 Å². The molecule has 0 aliphatic heterocycles. The summed E-state index contributed by atoms with van der Waals surface area (Å²) in [7, 11) is 0. The zero-order chi connectivity index (χ0) is 10.8. The molecular weight excluding hydrogens is 226 g/mol. The Labute approximate surface area is 96.9 Å². The first kappa shape index (κ1) is 10.4. The van der Waals surface area contributed by atoms with Crippen LogP contribution in [0.5, 0.6) is 0 Å². The van der Waals surface area contributed by atoms with E-state index in [2.05, 4.69) is 22.3 Å². The number of nitrogens with two attached hydrogens (primary N) is 1. The van der Waals surface area contributed by atoms with Gasteiger partial charge in [-0.15, -0.1) is 0 Å². The summed E-state index contributed by atoms with van der Waals surface area (Å²) < 4.78 is 5.07. The van der Waals surface area contributed by atoms with E-state index in [0.717, 1.165) is 20.7 Å². The van der Waals surface area contributed by atoms with Crippen LogP contribution in [0.25, 0.3) is 0 Å². The highest BCUT2D eigenvalue weighted by molar-refractivity contribution is 8.01. The predicted octanol–water partition coefficient (Wildman–Crippen LogP) is 2.89. The van der Waals surface area contributed by atoms with Crippen molar-refractivity contribution in [1.29, 1.82) is 0 Å². The van der Waals surface area contributed by atoms with Crippen LogP contribution in [0.2, 0.25) is 0 Å². The molecule has 2 N–H and O–H groups in total. The molecule has 0 saturated carbocycles. The number of hydrogen-bond acceptors (Lipinski definition) is 5. The van der Waals surface area contributed by atoms with Crippen LogP contribution in [0.1, 0.15) is 11.4 Å². The number of aryl methyl sites for hydroxylation is 2. The molecule has 0 amide bonds. The van der Waals surface area contributed by atoms with E-state index >= 15 is 0 Å². The summed E-state index contributed by atoms with van der Waals surface area (Å²) in [4.78, 5) is 5.34. The molecular formula is C10H11N3S2. The van der Waals surface area contributed by atoms with Gasteiger partial charge in [-0.25, -0.2) is 4.98 Å². The fourth-order valence-electron chi connectivity index (χ4n) is 1.14. The van der Waals surface area contributed by atoms with Crippen LogP contribution in [0, 0.1) is 13.8 Å². The van der Waals surface area contributed by atoms with Gasteiger partial charge in [0.05, 0.1) is 0 Å². The minimum absolute atomic E-state index is 0.790. The maximum atomic E-state index is 5.88. The average molecular weight is 237 g/mol. The maximum absolute atomic E-state index is 5.88. The van der Waals surface area contributed by atoms with Gasteiger partial charge in [0.2, 0.25) is 0 Å². The first-order chi connectivity index (χ1) is 7.15. The second-order valence-electron chi connectivity index (χ2n) is 3.25. The van der Waals surface area contributed by atoms with Crippen LogP contribution in [-0.2, 0) is 0 Å². The molecule has 0 bridgehead atoms. The van der Waals surface area contributed by atoms with Crippen LogP contribution < -0.4 is 5.73 Å². The van der Waals surface area contributed by atoms with Gasteiger partial charge in [0.25, 0.3) is 0 Å². The fraction of sp³-hybridized carbons (Fsp3) is 0.200. The van der Waals surface area contributed by atoms with Crippen molar-refractivity contribution in [2.45, 2.75) is 23.1 Å². The minimum atomic E-state index is 0.790. The average Bonchev–Trinajstić information content (AvgIpc) is 2.58. The summed E-state index contributed by atoms with van der Waals surface area (Å²) in [5.74, 6) is 0.814. The standard InChI is InChI=1S/C10H11N3S2/c1-6-3-4-8(11)9(5-6)14-10-12-7(2)13-15-10/h3-5H,11H2,1-2H3. The van der Waals surface area contributed by atoms with Gasteiger partial charge < -0.3 is 5.73 Å². The molecule has 15 heavy (non-hydrogen) atoms. The molecule has 0 fully saturated rings. The van der Waals surface area contributed by atoms with Crippen molar-refractivity contribution in [3.63, 3.8) is 0 Å². The Morgan fingerprint density at radius 1 is 1.33 bits per heavy atom. The van der Waals surface area contributed by atoms with Gasteiger partial charge in [-0.3, -0.25) is 0 Å². The van der Waals surface area contributed by atoms with Gasteiger partial charge in [0, 0.05) is 10.6 Å². The lowest BCUT2D eigenvalue weighted by molar-refractivity contribution is 1.10. The van der Waals surface area contributed by atoms with Crippen LogP contribution in [0.4, 0.5) is 5.69 Å². The first-order valence-corrected chi connectivity index (χ1v) is 6.08. The Bertz CT molecular complexity index is 479. The Morgan fingerprint density at radius 3 is 2.80 bits per heavy atom. The molecule has 0 atom stereocenters. The molecule has 3 nitrogen and oxygen atoms in total. The zero-order valence-electron chi connectivity index (χ0n) is 8.52. The molecule has 0 saturated heterocycles. The minimum Gasteiger partial charge on any atom is -0.398 e. The summed E-state index contributed by atoms with van der Waals surface area (Å²) in [6, 6.07) is 5.99. The molecule has 2 aromatic rings. The molecule has 2 rings (SSSR count). The van der Waals surface area contributed by atoms with E-state index in [1.54, 1.807) is 11.8 Å². The molecule has 0 aliphatic carbocycles. The Balaban J connectivity index is 2.27. The third-order valence-corrected chi connectivity index (χ3v) is 3.79. The van der Waals surface area contributed by atoms with Gasteiger partial charge in [0.1, 0.15) is 5.82 Å². The van der Waals surface area contributed by atoms with Crippen molar-refractivity contribution in [2.24, 2.45) is 0 Å². The SMILES string of the molecule is Cc1ccc(N)c(Sc2nc(C)ns2)c1. The topological polar surface area (TPSA) is 51.8 Å². The van der Waals surface area contributed by atoms with Crippen LogP contribution in [0.15, 0.2) is 27.4 Å². The highest BCUT2D eigenvalue weighted by Gasteiger charge is 2.06. The van der Waals surface area contributed by atoms with Gasteiger partial charge in [-0.2, -0.15) is 4.37 Å². The molecule has 0 aliphatic rings. The quantitative estimate of drug-likeness (QED) is 0.816. The molecule has 78 valence electrons. The van der Waals surface area contributed by atoms with E-state index < -0.39 is 0 Å². The fourth-order valence-corrected chi connectivity index (χ4v) is 2.89. The number of benzene rings is 1. The normalized spacial score (nSPS) is 10.5. The largest absolute Gasteiger partial charge is 0.398 e. The monoisotopic (exact) mass is 237 g/mol. The van der Waals surface area contributed by atoms with E-state index in [-0.39, 0.29) is 0 Å². The van der Waals surface area contributed by atoms with E-state index in [4.69, 9.17) is 5.73 Å². The zero-order valence-corrected chi connectivity index (χ0v) is 10.2. The Morgan fingerprint density at radius 2 is 2.13 bits per heavy atom. The van der Waals surface area contributed by atoms with Crippen molar-refractivity contribution in [1.82, 2.24) is 9.36 Å². The van der Waals surface area contributed by atoms with E-state index in [1.807, 2.05) is 19.1 Å². The van der Waals surface area contributed by atoms with Crippen LogP contribution in [0.3, 0.4) is 0 Å². The lowest BCUT2D eigenvalue weighted by atomic mass is 10.2. The highest BCUT2D eigenvalue weighted by atomic mass is 32.2. The van der Waals surface area contributed by atoms with Gasteiger partial charge >= 0.3 is 0 Å².